The molecule has 0 saturated heterocycles. The quantitative estimate of drug-likeness (QED) is 0.772. The van der Waals surface area contributed by atoms with Crippen LogP contribution in [0.5, 0.6) is 5.75 Å². The maximum absolute atomic E-state index is 6.04. The number of halogens is 2. The van der Waals surface area contributed by atoms with E-state index in [9.17, 15) is 0 Å². The number of hydrogen-bond donors (Lipinski definition) is 1. The average molecular weight is 310 g/mol. The second-order valence-corrected chi connectivity index (χ2v) is 5.35. The normalized spacial score (nSPS) is 10.3. The largest absolute Gasteiger partial charge is 0.491 e. The van der Waals surface area contributed by atoms with E-state index in [-0.39, 0.29) is 0 Å². The first kappa shape index (κ1) is 15.0. The lowest BCUT2D eigenvalue weighted by molar-refractivity contribution is 0.319. The predicted molar refractivity (Wildman–Crippen MR) is 86.0 cm³/mol. The van der Waals surface area contributed by atoms with Gasteiger partial charge in [0.25, 0.3) is 0 Å². The van der Waals surface area contributed by atoms with Crippen molar-refractivity contribution in [1.82, 2.24) is 0 Å². The lowest BCUT2D eigenvalue weighted by atomic mass is 10.2. The zero-order valence-corrected chi connectivity index (χ0v) is 12.8. The summed E-state index contributed by atoms with van der Waals surface area (Å²) in [5, 5.41) is 4.76. The van der Waals surface area contributed by atoms with Gasteiger partial charge in [0.15, 0.2) is 0 Å². The monoisotopic (exact) mass is 309 g/mol. The SMILES string of the molecule is CCCOc1ccc(Cl)cc1NCc1cccc(Cl)c1. The Morgan fingerprint density at radius 3 is 2.60 bits per heavy atom. The zero-order chi connectivity index (χ0) is 14.4. The second-order valence-electron chi connectivity index (χ2n) is 4.47. The minimum absolute atomic E-state index is 0.670. The Hall–Kier alpha value is -1.38. The van der Waals surface area contributed by atoms with Crippen LogP contribution in [0.25, 0.3) is 0 Å². The minimum Gasteiger partial charge on any atom is -0.491 e. The van der Waals surface area contributed by atoms with Crippen molar-refractivity contribution in [2.24, 2.45) is 0 Å². The van der Waals surface area contributed by atoms with Crippen LogP contribution in [-0.2, 0) is 6.54 Å². The number of hydrogen-bond acceptors (Lipinski definition) is 2. The van der Waals surface area contributed by atoms with Gasteiger partial charge in [-0.1, -0.05) is 42.3 Å². The summed E-state index contributed by atoms with van der Waals surface area (Å²) in [7, 11) is 0. The van der Waals surface area contributed by atoms with Gasteiger partial charge >= 0.3 is 0 Å². The predicted octanol–water partition coefficient (Wildman–Crippen LogP) is 5.39. The summed E-state index contributed by atoms with van der Waals surface area (Å²) in [4.78, 5) is 0. The molecule has 0 unspecified atom stereocenters. The molecule has 0 aliphatic rings. The Balaban J connectivity index is 2.09. The highest BCUT2D eigenvalue weighted by Crippen LogP contribution is 2.28. The molecule has 2 aromatic rings. The van der Waals surface area contributed by atoms with Gasteiger partial charge in [0, 0.05) is 16.6 Å². The van der Waals surface area contributed by atoms with Gasteiger partial charge in [-0.25, -0.2) is 0 Å². The smallest absolute Gasteiger partial charge is 0.142 e. The van der Waals surface area contributed by atoms with E-state index in [1.165, 1.54) is 0 Å². The third-order valence-electron chi connectivity index (χ3n) is 2.78. The van der Waals surface area contributed by atoms with E-state index in [4.69, 9.17) is 27.9 Å². The molecule has 0 amide bonds. The molecule has 0 spiro atoms. The van der Waals surface area contributed by atoms with E-state index in [1.54, 1.807) is 0 Å². The van der Waals surface area contributed by atoms with Crippen molar-refractivity contribution in [2.45, 2.75) is 19.9 Å². The Morgan fingerprint density at radius 1 is 1.05 bits per heavy atom. The Morgan fingerprint density at radius 2 is 1.85 bits per heavy atom. The third kappa shape index (κ3) is 4.32. The molecule has 0 aromatic heterocycles. The summed E-state index contributed by atoms with van der Waals surface area (Å²) in [5.74, 6) is 0.818. The number of anilines is 1. The maximum Gasteiger partial charge on any atom is 0.142 e. The first-order chi connectivity index (χ1) is 9.69. The Kier molecular flexibility index (Phi) is 5.57. The van der Waals surface area contributed by atoms with Gasteiger partial charge < -0.3 is 10.1 Å². The van der Waals surface area contributed by atoms with Gasteiger partial charge in [-0.15, -0.1) is 0 Å². The van der Waals surface area contributed by atoms with Crippen LogP contribution in [0.1, 0.15) is 18.9 Å². The Labute approximate surface area is 129 Å². The molecule has 2 rings (SSSR count). The van der Waals surface area contributed by atoms with Gasteiger partial charge in [-0.05, 0) is 42.3 Å². The van der Waals surface area contributed by atoms with Crippen LogP contribution in [0.4, 0.5) is 5.69 Å². The highest BCUT2D eigenvalue weighted by molar-refractivity contribution is 6.31. The zero-order valence-electron chi connectivity index (χ0n) is 11.3. The fourth-order valence-corrected chi connectivity index (χ4v) is 2.21. The standard InChI is InChI=1S/C16H17Cl2NO/c1-2-8-20-16-7-6-14(18)10-15(16)19-11-12-4-3-5-13(17)9-12/h3-7,9-10,19H,2,8,11H2,1H3. The van der Waals surface area contributed by atoms with Crippen molar-refractivity contribution in [3.05, 3.63) is 58.1 Å². The molecule has 2 aromatic carbocycles. The van der Waals surface area contributed by atoms with Crippen molar-refractivity contribution in [3.63, 3.8) is 0 Å². The van der Waals surface area contributed by atoms with E-state index in [1.807, 2.05) is 42.5 Å². The van der Waals surface area contributed by atoms with Gasteiger partial charge in [0.05, 0.1) is 12.3 Å². The number of nitrogens with one attached hydrogen (secondary N) is 1. The summed E-state index contributed by atoms with van der Waals surface area (Å²) in [6.45, 7) is 3.44. The Bertz CT molecular complexity index is 572. The highest BCUT2D eigenvalue weighted by atomic mass is 35.5. The summed E-state index contributed by atoms with van der Waals surface area (Å²) in [5.41, 5.74) is 2.00. The molecule has 106 valence electrons. The van der Waals surface area contributed by atoms with Crippen LogP contribution in [-0.4, -0.2) is 6.61 Å². The molecule has 0 atom stereocenters. The number of rotatable bonds is 6. The molecule has 0 heterocycles. The van der Waals surface area contributed by atoms with Crippen molar-refractivity contribution in [1.29, 1.82) is 0 Å². The average Bonchev–Trinajstić information content (AvgIpc) is 2.44. The molecule has 0 fully saturated rings. The first-order valence-corrected chi connectivity index (χ1v) is 7.35. The van der Waals surface area contributed by atoms with Crippen molar-refractivity contribution in [2.75, 3.05) is 11.9 Å². The van der Waals surface area contributed by atoms with Crippen LogP contribution in [0.15, 0.2) is 42.5 Å². The van der Waals surface area contributed by atoms with Crippen LogP contribution in [0, 0.1) is 0 Å². The van der Waals surface area contributed by atoms with Gasteiger partial charge in [-0.2, -0.15) is 0 Å². The van der Waals surface area contributed by atoms with Gasteiger partial charge in [0.1, 0.15) is 5.75 Å². The van der Waals surface area contributed by atoms with E-state index in [2.05, 4.69) is 12.2 Å². The van der Waals surface area contributed by atoms with Gasteiger partial charge in [0.2, 0.25) is 0 Å². The summed E-state index contributed by atoms with van der Waals surface area (Å²) < 4.78 is 5.71. The lowest BCUT2D eigenvalue weighted by Crippen LogP contribution is -2.03. The molecule has 0 saturated carbocycles. The van der Waals surface area contributed by atoms with Crippen LogP contribution in [0.3, 0.4) is 0 Å². The molecule has 4 heteroatoms. The topological polar surface area (TPSA) is 21.3 Å². The third-order valence-corrected chi connectivity index (χ3v) is 3.25. The summed E-state index contributed by atoms with van der Waals surface area (Å²) >= 11 is 12.0. The van der Waals surface area contributed by atoms with Gasteiger partial charge in [-0.3, -0.25) is 0 Å². The maximum atomic E-state index is 6.04. The van der Waals surface area contributed by atoms with Crippen LogP contribution in [0.2, 0.25) is 10.0 Å². The van der Waals surface area contributed by atoms with E-state index >= 15 is 0 Å². The fraction of sp³-hybridized carbons (Fsp3) is 0.250. The van der Waals surface area contributed by atoms with Crippen LogP contribution < -0.4 is 10.1 Å². The van der Waals surface area contributed by atoms with Crippen molar-refractivity contribution < 1.29 is 4.74 Å². The minimum atomic E-state index is 0.670. The molecular formula is C16H17Cl2NO. The molecule has 0 bridgehead atoms. The lowest BCUT2D eigenvalue weighted by Gasteiger charge is -2.13. The summed E-state index contributed by atoms with van der Waals surface area (Å²) in [6, 6.07) is 13.3. The number of benzene rings is 2. The van der Waals surface area contributed by atoms with Crippen molar-refractivity contribution >= 4 is 28.9 Å². The van der Waals surface area contributed by atoms with E-state index in [0.717, 1.165) is 28.4 Å². The van der Waals surface area contributed by atoms with E-state index in [0.29, 0.717) is 18.2 Å². The van der Waals surface area contributed by atoms with E-state index < -0.39 is 0 Å². The highest BCUT2D eigenvalue weighted by Gasteiger charge is 2.05. The molecule has 0 radical (unpaired) electrons. The molecule has 1 N–H and O–H groups in total. The second kappa shape index (κ2) is 7.41. The number of ether oxygens (including phenoxy) is 1. The molecule has 2 nitrogen and oxygen atoms in total. The molecule has 20 heavy (non-hydrogen) atoms. The first-order valence-electron chi connectivity index (χ1n) is 6.59. The van der Waals surface area contributed by atoms with Crippen LogP contribution >= 0.6 is 23.2 Å². The molecular weight excluding hydrogens is 293 g/mol. The fourth-order valence-electron chi connectivity index (χ4n) is 1.82. The molecule has 0 aliphatic carbocycles. The molecule has 0 aliphatic heterocycles. The summed E-state index contributed by atoms with van der Waals surface area (Å²) in [6.07, 6.45) is 0.969. The van der Waals surface area contributed by atoms with Crippen molar-refractivity contribution in [3.8, 4) is 5.75 Å².